The molecule has 5 amide bonds. The van der Waals surface area contributed by atoms with E-state index in [-0.39, 0.29) is 57.8 Å². The van der Waals surface area contributed by atoms with Gasteiger partial charge in [0.25, 0.3) is 5.91 Å². The first-order valence-electron chi connectivity index (χ1n) is 22.6. The molecule has 3 aromatic carbocycles. The molecular weight excluding hydrogens is 871 g/mol. The fourth-order valence-corrected chi connectivity index (χ4v) is 7.65. The van der Waals surface area contributed by atoms with Crippen LogP contribution in [0.3, 0.4) is 0 Å². The number of nitrogens with zero attached hydrogens (tertiary/aromatic N) is 4. The van der Waals surface area contributed by atoms with E-state index >= 15 is 0 Å². The monoisotopic (exact) mass is 933 g/mol. The molecule has 4 aromatic rings. The summed E-state index contributed by atoms with van der Waals surface area (Å²) in [5, 5.41) is 19.9. The molecular formula is C49H63N11O8. The van der Waals surface area contributed by atoms with Gasteiger partial charge in [0.2, 0.25) is 23.6 Å². The molecule has 2 heterocycles. The summed E-state index contributed by atoms with van der Waals surface area (Å²) in [4.78, 5) is 81.1. The third-order valence-electron chi connectivity index (χ3n) is 11.2. The molecule has 5 rings (SSSR count). The van der Waals surface area contributed by atoms with Gasteiger partial charge in [0.05, 0.1) is 29.6 Å². The molecule has 19 nitrogen and oxygen atoms in total. The predicted octanol–water partition coefficient (Wildman–Crippen LogP) is 2.36. The van der Waals surface area contributed by atoms with Crippen LogP contribution in [0.4, 0.5) is 0 Å². The second-order valence-corrected chi connectivity index (χ2v) is 16.8. The maximum Gasteiger partial charge on any atom is 0.255 e. The Morgan fingerprint density at radius 3 is 2.07 bits per heavy atom. The van der Waals surface area contributed by atoms with E-state index in [1.807, 2.05) is 30.3 Å². The molecule has 1 aromatic heterocycles. The molecule has 4 bridgehead atoms. The largest absolute Gasteiger partial charge is 0.494 e. The lowest BCUT2D eigenvalue weighted by atomic mass is 9.93. The summed E-state index contributed by atoms with van der Waals surface area (Å²) >= 11 is 0. The minimum atomic E-state index is -1.41. The topological polar surface area (TPSA) is 292 Å². The van der Waals surface area contributed by atoms with Gasteiger partial charge < -0.3 is 57.6 Å². The predicted molar refractivity (Wildman–Crippen MR) is 255 cm³/mol. The van der Waals surface area contributed by atoms with E-state index in [1.165, 1.54) is 18.9 Å². The summed E-state index contributed by atoms with van der Waals surface area (Å²) in [5.74, 6) is -0.973. The number of nitrogens with one attached hydrogen (secondary N) is 4. The Morgan fingerprint density at radius 2 is 1.47 bits per heavy atom. The van der Waals surface area contributed by atoms with E-state index in [2.05, 4.69) is 45.1 Å². The average Bonchev–Trinajstić information content (AvgIpc) is 3.31. The summed E-state index contributed by atoms with van der Waals surface area (Å²) in [6, 6.07) is 14.4. The number of hydrogen-bond acceptors (Lipinski definition) is 14. The number of ether oxygens (including phenoxy) is 3. The quantitative estimate of drug-likeness (QED) is 0.0665. The lowest BCUT2D eigenvalue weighted by Gasteiger charge is -2.32. The summed E-state index contributed by atoms with van der Waals surface area (Å²) in [7, 11) is 1.41. The standard InChI is InChI=1S/C49H63N11O8/c1-28(2)16-22-66-35-11-8-33(9-12-35)44-55-29(3)42(30(4)56-44)47(63)58-38(15-17-50)49(65)60(6)43-34-10-14-41(68-24-20-53)37(27-34)36-25-32(7-13-40(36)67-23-19-52)26-39(46(62)54-21-18-51)59-45(61)31(5)57-48(43)64/h7-14,25,27-28,31,38-39,43H,15-17,19-24,26,50,52-53H2,1-6H3,(H,54,62)(H,57,64)(H,58,63)(H,59,61)/t31-,38?,39-,43-/m0/s1. The zero-order valence-corrected chi connectivity index (χ0v) is 39.5. The van der Waals surface area contributed by atoms with Crippen molar-refractivity contribution in [2.24, 2.45) is 23.1 Å². The Labute approximate surface area is 396 Å². The van der Waals surface area contributed by atoms with Crippen molar-refractivity contribution in [3.05, 3.63) is 88.7 Å². The molecule has 1 aliphatic heterocycles. The number of fused-ring (bicyclic) bond motifs is 5. The van der Waals surface area contributed by atoms with Crippen LogP contribution in [0.2, 0.25) is 0 Å². The highest BCUT2D eigenvalue weighted by molar-refractivity contribution is 6.00. The van der Waals surface area contributed by atoms with E-state index < -0.39 is 53.7 Å². The Bertz CT molecular complexity index is 2450. The van der Waals surface area contributed by atoms with Crippen LogP contribution < -0.4 is 52.7 Å². The number of nitrogens with two attached hydrogens (primary N) is 3. The molecule has 68 heavy (non-hydrogen) atoms. The number of carbonyl (C=O) groups excluding carboxylic acids is 5. The second-order valence-electron chi connectivity index (χ2n) is 16.8. The lowest BCUT2D eigenvalue weighted by molar-refractivity contribution is -0.141. The molecule has 362 valence electrons. The third-order valence-corrected chi connectivity index (χ3v) is 11.2. The van der Waals surface area contributed by atoms with Gasteiger partial charge in [-0.15, -0.1) is 0 Å². The Balaban J connectivity index is 1.53. The summed E-state index contributed by atoms with van der Waals surface area (Å²) < 4.78 is 18.1. The van der Waals surface area contributed by atoms with Crippen molar-refractivity contribution in [3.8, 4) is 45.8 Å². The van der Waals surface area contributed by atoms with Gasteiger partial charge in [-0.2, -0.15) is 5.26 Å². The number of benzene rings is 3. The molecule has 0 saturated heterocycles. The molecule has 0 saturated carbocycles. The molecule has 10 N–H and O–H groups in total. The van der Waals surface area contributed by atoms with Gasteiger partial charge in [-0.05, 0) is 106 Å². The minimum Gasteiger partial charge on any atom is -0.494 e. The van der Waals surface area contributed by atoms with Gasteiger partial charge in [0, 0.05) is 43.2 Å². The zero-order valence-electron chi connectivity index (χ0n) is 39.5. The second kappa shape index (κ2) is 24.6. The van der Waals surface area contributed by atoms with Gasteiger partial charge in [0.1, 0.15) is 61.2 Å². The molecule has 4 atom stereocenters. The van der Waals surface area contributed by atoms with Crippen molar-refractivity contribution in [2.45, 2.75) is 78.0 Å². The van der Waals surface area contributed by atoms with Crippen LogP contribution in [0, 0.1) is 31.1 Å². The normalized spacial score (nSPS) is 16.3. The van der Waals surface area contributed by atoms with Gasteiger partial charge in [-0.25, -0.2) is 9.97 Å². The first-order valence-corrected chi connectivity index (χ1v) is 22.6. The molecule has 19 heteroatoms. The van der Waals surface area contributed by atoms with Crippen molar-refractivity contribution in [3.63, 3.8) is 0 Å². The summed E-state index contributed by atoms with van der Waals surface area (Å²) in [5.41, 5.74) is 21.2. The van der Waals surface area contributed by atoms with E-state index in [4.69, 9.17) is 31.4 Å². The van der Waals surface area contributed by atoms with Crippen molar-refractivity contribution in [1.29, 1.82) is 5.26 Å². The van der Waals surface area contributed by atoms with E-state index in [0.29, 0.717) is 63.5 Å². The fourth-order valence-electron chi connectivity index (χ4n) is 7.65. The van der Waals surface area contributed by atoms with Crippen LogP contribution in [-0.2, 0) is 25.6 Å². The molecule has 0 fully saturated rings. The maximum absolute atomic E-state index is 14.7. The summed E-state index contributed by atoms with van der Waals surface area (Å²) in [6.45, 7) is 10.0. The van der Waals surface area contributed by atoms with Crippen LogP contribution >= 0.6 is 0 Å². The lowest BCUT2D eigenvalue weighted by Crippen LogP contribution is -2.56. The van der Waals surface area contributed by atoms with Gasteiger partial charge >= 0.3 is 0 Å². The van der Waals surface area contributed by atoms with Crippen LogP contribution in [-0.4, -0.2) is 116 Å². The van der Waals surface area contributed by atoms with Crippen LogP contribution in [0.15, 0.2) is 60.7 Å². The summed E-state index contributed by atoms with van der Waals surface area (Å²) in [6.07, 6.45) is 0.916. The molecule has 1 unspecified atom stereocenters. The van der Waals surface area contributed by atoms with Crippen molar-refractivity contribution in [2.75, 3.05) is 53.0 Å². The Hall–Kier alpha value is -7.14. The average molecular weight is 934 g/mol. The number of rotatable bonds is 19. The van der Waals surface area contributed by atoms with Crippen molar-refractivity contribution >= 4 is 29.5 Å². The number of amides is 5. The molecule has 0 spiro atoms. The fraction of sp³-hybridized carbons (Fsp3) is 0.429. The maximum atomic E-state index is 14.7. The van der Waals surface area contributed by atoms with Gasteiger partial charge in [0.15, 0.2) is 5.82 Å². The smallest absolute Gasteiger partial charge is 0.255 e. The van der Waals surface area contributed by atoms with Gasteiger partial charge in [-0.3, -0.25) is 24.0 Å². The van der Waals surface area contributed by atoms with Crippen LogP contribution in [0.25, 0.3) is 22.5 Å². The highest BCUT2D eigenvalue weighted by atomic mass is 16.5. The SMILES string of the molecule is Cc1nc(-c2ccc(OCCC(C)C)cc2)nc(C)c1C(=O)NC(CCN)C(=O)N(C)[C@@H]1C(=O)N[C@@H](C)C(=O)N[C@H](C(=O)NCC#N)Cc2ccc(OCCN)c(c2)-c2cc1ccc2OCCN. The van der Waals surface area contributed by atoms with E-state index in [0.717, 1.165) is 17.7 Å². The first kappa shape index (κ1) is 51.8. The van der Waals surface area contributed by atoms with Crippen LogP contribution in [0.5, 0.6) is 17.2 Å². The van der Waals surface area contributed by atoms with E-state index in [1.54, 1.807) is 50.2 Å². The Kier molecular flexibility index (Phi) is 18.7. The molecule has 1 aliphatic rings. The van der Waals surface area contributed by atoms with Crippen LogP contribution in [0.1, 0.15) is 72.5 Å². The minimum absolute atomic E-state index is 0.00163. The Morgan fingerprint density at radius 1 is 0.838 bits per heavy atom. The number of carbonyl (C=O) groups is 5. The number of nitriles is 1. The highest BCUT2D eigenvalue weighted by Crippen LogP contribution is 2.40. The van der Waals surface area contributed by atoms with Crippen molar-refractivity contribution < 1.29 is 38.2 Å². The number of aromatic nitrogens is 2. The molecule has 0 radical (unpaired) electrons. The number of likely N-dealkylation sites (N-methyl/N-ethyl adjacent to an activating group) is 1. The highest BCUT2D eigenvalue weighted by Gasteiger charge is 2.36. The van der Waals surface area contributed by atoms with E-state index in [9.17, 15) is 29.2 Å². The molecule has 0 aliphatic carbocycles. The first-order chi connectivity index (χ1) is 32.6. The number of hydrogen-bond donors (Lipinski definition) is 7. The number of aryl methyl sites for hydroxylation is 2. The third kappa shape index (κ3) is 13.3. The zero-order chi connectivity index (χ0) is 49.5. The van der Waals surface area contributed by atoms with Gasteiger partial charge in [-0.1, -0.05) is 26.0 Å². The van der Waals surface area contributed by atoms with Crippen molar-refractivity contribution in [1.82, 2.24) is 36.1 Å².